The van der Waals surface area contributed by atoms with Crippen molar-refractivity contribution in [3.8, 4) is 0 Å². The molecule has 0 unspecified atom stereocenters. The first kappa shape index (κ1) is 10.0. The van der Waals surface area contributed by atoms with Crippen LogP contribution in [0.5, 0.6) is 0 Å². The van der Waals surface area contributed by atoms with E-state index in [1.807, 2.05) is 0 Å². The second-order valence-electron chi connectivity index (χ2n) is 3.26. The van der Waals surface area contributed by atoms with E-state index in [9.17, 15) is 9.32 Å². The Labute approximate surface area is 85.5 Å². The van der Waals surface area contributed by atoms with E-state index in [-0.39, 0.29) is 0 Å². The number of aromatic nitrogens is 1. The Morgan fingerprint density at radius 2 is 2.53 bits per heavy atom. The molecule has 80 valence electrons. The van der Waals surface area contributed by atoms with E-state index in [1.165, 1.54) is 6.20 Å². The maximum atomic E-state index is 11.4. The lowest BCUT2D eigenvalue weighted by atomic mass is 10.0. The Kier molecular flexibility index (Phi) is 2.89. The fraction of sp³-hybridized carbons (Fsp3) is 0.333. The molecule has 2 rings (SSSR count). The van der Waals surface area contributed by atoms with Gasteiger partial charge in [0, 0.05) is 12.7 Å². The Morgan fingerprint density at radius 3 is 3.33 bits per heavy atom. The highest BCUT2D eigenvalue weighted by Crippen LogP contribution is 2.12. The van der Waals surface area contributed by atoms with Gasteiger partial charge in [0.25, 0.3) is 5.91 Å². The quantitative estimate of drug-likeness (QED) is 0.689. The lowest BCUT2D eigenvalue weighted by Gasteiger charge is -2.16. The van der Waals surface area contributed by atoms with Gasteiger partial charge in [-0.1, -0.05) is 5.04 Å². The second-order valence-corrected chi connectivity index (χ2v) is 3.26. The van der Waals surface area contributed by atoms with Gasteiger partial charge >= 0.3 is 0 Å². The maximum Gasteiger partial charge on any atom is 0.279 e. The van der Waals surface area contributed by atoms with Crippen molar-refractivity contribution in [3.63, 3.8) is 0 Å². The van der Waals surface area contributed by atoms with E-state index < -0.39 is 5.91 Å². The summed E-state index contributed by atoms with van der Waals surface area (Å²) in [5.74, 6) is -0.633. The molecule has 0 saturated carbocycles. The van der Waals surface area contributed by atoms with Gasteiger partial charge in [0.2, 0.25) is 0 Å². The van der Waals surface area contributed by atoms with Crippen LogP contribution in [-0.4, -0.2) is 17.4 Å². The number of hydrogen-bond donors (Lipinski definition) is 2. The molecule has 1 aliphatic heterocycles. The van der Waals surface area contributed by atoms with E-state index in [1.54, 1.807) is 11.5 Å². The van der Waals surface area contributed by atoms with Gasteiger partial charge in [-0.05, 0) is 29.1 Å². The molecule has 0 atom stereocenters. The average Bonchev–Trinajstić information content (AvgIpc) is 2.29. The summed E-state index contributed by atoms with van der Waals surface area (Å²) in [6, 6.07) is 1.71. The number of nitrogens with zero attached hydrogens (tertiary/aromatic N) is 1. The molecule has 0 spiro atoms. The fourth-order valence-corrected chi connectivity index (χ4v) is 1.56. The standard InChI is InChI=1S/C9H10FN3O2/c10-15-13-9(14)7-3-6-1-2-11-5-8(6)12-4-7/h3-4,11H,1-2,5H2,(H,13,14). The topological polar surface area (TPSA) is 63.2 Å². The molecular formula is C9H10FN3O2. The van der Waals surface area contributed by atoms with Crippen molar-refractivity contribution in [3.05, 3.63) is 29.1 Å². The van der Waals surface area contributed by atoms with Crippen molar-refractivity contribution in [2.24, 2.45) is 0 Å². The van der Waals surface area contributed by atoms with Crippen LogP contribution in [0.1, 0.15) is 21.6 Å². The fourth-order valence-electron chi connectivity index (χ4n) is 1.56. The summed E-state index contributed by atoms with van der Waals surface area (Å²) in [5.41, 5.74) is 3.85. The number of hydrogen-bond acceptors (Lipinski definition) is 4. The Morgan fingerprint density at radius 1 is 1.67 bits per heavy atom. The van der Waals surface area contributed by atoms with E-state index >= 15 is 0 Å². The third kappa shape index (κ3) is 2.11. The second kappa shape index (κ2) is 4.33. The van der Waals surface area contributed by atoms with Gasteiger partial charge < -0.3 is 5.32 Å². The largest absolute Gasteiger partial charge is 0.311 e. The first-order chi connectivity index (χ1) is 7.31. The van der Waals surface area contributed by atoms with Gasteiger partial charge in [-0.25, -0.2) is 0 Å². The Hall–Kier alpha value is -1.53. The molecule has 1 aromatic rings. The normalized spacial score (nSPS) is 14.5. The van der Waals surface area contributed by atoms with Crippen molar-refractivity contribution in [1.82, 2.24) is 15.8 Å². The molecule has 1 aromatic heterocycles. The van der Waals surface area contributed by atoms with E-state index in [4.69, 9.17) is 0 Å². The highest BCUT2D eigenvalue weighted by Gasteiger charge is 2.13. The minimum absolute atomic E-state index is 0.299. The smallest absolute Gasteiger partial charge is 0.279 e. The molecule has 0 saturated heterocycles. The number of amides is 1. The van der Waals surface area contributed by atoms with Crippen molar-refractivity contribution in [2.75, 3.05) is 6.54 Å². The van der Waals surface area contributed by atoms with Crippen LogP contribution >= 0.6 is 0 Å². The lowest BCUT2D eigenvalue weighted by molar-refractivity contribution is -0.176. The van der Waals surface area contributed by atoms with Gasteiger partial charge in [-0.2, -0.15) is 5.48 Å². The zero-order valence-corrected chi connectivity index (χ0v) is 7.92. The van der Waals surface area contributed by atoms with Crippen molar-refractivity contribution in [2.45, 2.75) is 13.0 Å². The molecule has 0 aromatic carbocycles. The van der Waals surface area contributed by atoms with E-state index in [0.717, 1.165) is 24.2 Å². The molecule has 2 N–H and O–H groups in total. The molecule has 2 heterocycles. The summed E-state index contributed by atoms with van der Waals surface area (Å²) in [5, 5.41) is 6.23. The molecule has 6 heteroatoms. The van der Waals surface area contributed by atoms with Crippen LogP contribution < -0.4 is 10.8 Å². The average molecular weight is 211 g/mol. The van der Waals surface area contributed by atoms with Crippen LogP contribution in [0.15, 0.2) is 12.3 Å². The number of fused-ring (bicyclic) bond motifs is 1. The monoisotopic (exact) mass is 211 g/mol. The predicted octanol–water partition coefficient (Wildman–Crippen LogP) is 0.273. The maximum absolute atomic E-state index is 11.4. The number of nitrogens with one attached hydrogen (secondary N) is 2. The van der Waals surface area contributed by atoms with E-state index in [2.05, 4.69) is 15.3 Å². The number of rotatable bonds is 2. The summed E-state index contributed by atoms with van der Waals surface area (Å²) in [4.78, 5) is 15.3. The molecule has 15 heavy (non-hydrogen) atoms. The molecule has 0 radical (unpaired) electrons. The van der Waals surface area contributed by atoms with Crippen LogP contribution in [0.2, 0.25) is 0 Å². The molecule has 0 bridgehead atoms. The number of carbonyl (C=O) groups is 1. The molecular weight excluding hydrogens is 201 g/mol. The van der Waals surface area contributed by atoms with Gasteiger partial charge in [0.1, 0.15) is 0 Å². The number of hydroxylamine groups is 1. The van der Waals surface area contributed by atoms with E-state index in [0.29, 0.717) is 12.1 Å². The van der Waals surface area contributed by atoms with Crippen molar-refractivity contribution >= 4 is 5.91 Å². The zero-order valence-electron chi connectivity index (χ0n) is 7.92. The number of pyridine rings is 1. The van der Waals surface area contributed by atoms with Crippen molar-refractivity contribution in [1.29, 1.82) is 0 Å². The first-order valence-corrected chi connectivity index (χ1v) is 4.57. The molecule has 0 aliphatic carbocycles. The van der Waals surface area contributed by atoms with Crippen molar-refractivity contribution < 1.29 is 14.4 Å². The highest BCUT2D eigenvalue weighted by atomic mass is 19.3. The Bertz CT molecular complexity index is 384. The highest BCUT2D eigenvalue weighted by molar-refractivity contribution is 5.93. The first-order valence-electron chi connectivity index (χ1n) is 4.57. The molecule has 5 nitrogen and oxygen atoms in total. The summed E-state index contributed by atoms with van der Waals surface area (Å²) < 4.78 is 11.4. The zero-order chi connectivity index (χ0) is 10.7. The summed E-state index contributed by atoms with van der Waals surface area (Å²) >= 11 is 0. The summed E-state index contributed by atoms with van der Waals surface area (Å²) in [6.45, 7) is 1.57. The van der Waals surface area contributed by atoms with Crippen LogP contribution in [0, 0.1) is 0 Å². The van der Waals surface area contributed by atoms with Gasteiger partial charge in [0.05, 0.1) is 11.3 Å². The van der Waals surface area contributed by atoms with Crippen LogP contribution in [0.25, 0.3) is 0 Å². The molecule has 1 amide bonds. The molecule has 1 aliphatic rings. The van der Waals surface area contributed by atoms with Crippen LogP contribution in [0.3, 0.4) is 0 Å². The summed E-state index contributed by atoms with van der Waals surface area (Å²) in [6.07, 6.45) is 2.22. The third-order valence-electron chi connectivity index (χ3n) is 2.32. The van der Waals surface area contributed by atoms with Crippen LogP contribution in [-0.2, 0) is 18.0 Å². The minimum atomic E-state index is -0.633. The SMILES string of the molecule is O=C(NOF)c1cnc2c(c1)CCNC2. The Balaban J connectivity index is 2.24. The third-order valence-corrected chi connectivity index (χ3v) is 2.32. The number of halogens is 1. The van der Waals surface area contributed by atoms with Gasteiger partial charge in [0.15, 0.2) is 0 Å². The van der Waals surface area contributed by atoms with Gasteiger partial charge in [-0.15, -0.1) is 0 Å². The van der Waals surface area contributed by atoms with Crippen LogP contribution in [0.4, 0.5) is 4.53 Å². The number of carbonyl (C=O) groups excluding carboxylic acids is 1. The lowest BCUT2D eigenvalue weighted by Crippen LogP contribution is -2.26. The minimum Gasteiger partial charge on any atom is -0.311 e. The predicted molar refractivity (Wildman–Crippen MR) is 49.3 cm³/mol. The van der Waals surface area contributed by atoms with Gasteiger partial charge in [-0.3, -0.25) is 9.78 Å². The molecule has 0 fully saturated rings. The summed E-state index contributed by atoms with van der Waals surface area (Å²) in [7, 11) is 0.